The predicted octanol–water partition coefficient (Wildman–Crippen LogP) is 2.32. The van der Waals surface area contributed by atoms with Gasteiger partial charge in [0.05, 0.1) is 0 Å². The highest BCUT2D eigenvalue weighted by Gasteiger charge is 2.23. The first kappa shape index (κ1) is 14.5. The Bertz CT molecular complexity index is 387. The zero-order valence-corrected chi connectivity index (χ0v) is 11.1. The molecule has 2 N–H and O–H groups in total. The maximum absolute atomic E-state index is 11.2. The summed E-state index contributed by atoms with van der Waals surface area (Å²) >= 11 is 0. The minimum Gasteiger partial charge on any atom is -0.508 e. The summed E-state index contributed by atoms with van der Waals surface area (Å²) in [4.78, 5) is 13.1. The first-order valence-corrected chi connectivity index (χ1v) is 6.11. The molecule has 0 aliphatic carbocycles. The smallest absolute Gasteiger partial charge is 0.320 e. The minimum atomic E-state index is -0.787. The highest BCUT2D eigenvalue weighted by Crippen LogP contribution is 2.15. The van der Waals surface area contributed by atoms with Gasteiger partial charge in [0.1, 0.15) is 11.8 Å². The third-order valence-corrected chi connectivity index (χ3v) is 2.88. The second-order valence-corrected chi connectivity index (χ2v) is 5.07. The molecule has 1 unspecified atom stereocenters. The van der Waals surface area contributed by atoms with Gasteiger partial charge in [0.2, 0.25) is 0 Å². The van der Waals surface area contributed by atoms with E-state index >= 15 is 0 Å². The maximum Gasteiger partial charge on any atom is 0.320 e. The van der Waals surface area contributed by atoms with Gasteiger partial charge in [-0.3, -0.25) is 9.69 Å². The molecule has 100 valence electrons. The van der Waals surface area contributed by atoms with Crippen molar-refractivity contribution < 1.29 is 15.0 Å². The van der Waals surface area contributed by atoms with Crippen molar-refractivity contribution in [3.63, 3.8) is 0 Å². The van der Waals surface area contributed by atoms with Gasteiger partial charge in [0, 0.05) is 6.54 Å². The highest BCUT2D eigenvalue weighted by molar-refractivity contribution is 5.73. The maximum atomic E-state index is 11.2. The topological polar surface area (TPSA) is 60.8 Å². The lowest BCUT2D eigenvalue weighted by atomic mass is 10.0. The molecule has 0 amide bonds. The van der Waals surface area contributed by atoms with Crippen molar-refractivity contribution in [3.8, 4) is 5.75 Å². The first-order valence-electron chi connectivity index (χ1n) is 6.11. The van der Waals surface area contributed by atoms with Crippen LogP contribution in [0.15, 0.2) is 24.3 Å². The summed E-state index contributed by atoms with van der Waals surface area (Å²) in [7, 11) is 1.81. The van der Waals surface area contributed by atoms with Gasteiger partial charge in [-0.05, 0) is 37.1 Å². The van der Waals surface area contributed by atoms with Gasteiger partial charge in [-0.2, -0.15) is 0 Å². The van der Waals surface area contributed by atoms with Crippen molar-refractivity contribution >= 4 is 5.97 Å². The summed E-state index contributed by atoms with van der Waals surface area (Å²) < 4.78 is 0. The van der Waals surface area contributed by atoms with Crippen molar-refractivity contribution in [2.75, 3.05) is 7.05 Å². The number of nitrogens with zero attached hydrogens (tertiary/aromatic N) is 1. The summed E-state index contributed by atoms with van der Waals surface area (Å²) in [6.07, 6.45) is 0.629. The normalized spacial score (nSPS) is 12.9. The molecule has 0 bridgehead atoms. The number of rotatable bonds is 6. The molecule has 0 radical (unpaired) electrons. The lowest BCUT2D eigenvalue weighted by Gasteiger charge is -2.26. The van der Waals surface area contributed by atoms with Gasteiger partial charge in [-0.1, -0.05) is 26.0 Å². The zero-order chi connectivity index (χ0) is 13.7. The molecule has 0 saturated carbocycles. The van der Waals surface area contributed by atoms with E-state index in [9.17, 15) is 15.0 Å². The number of hydrogen-bond donors (Lipinski definition) is 2. The van der Waals surface area contributed by atoms with E-state index in [-0.39, 0.29) is 5.75 Å². The van der Waals surface area contributed by atoms with Crippen LogP contribution < -0.4 is 0 Å². The van der Waals surface area contributed by atoms with Gasteiger partial charge in [-0.15, -0.1) is 0 Å². The minimum absolute atomic E-state index is 0.221. The molecular weight excluding hydrogens is 230 g/mol. The first-order chi connectivity index (χ1) is 8.40. The predicted molar refractivity (Wildman–Crippen MR) is 70.5 cm³/mol. The molecule has 0 aliphatic rings. The summed E-state index contributed by atoms with van der Waals surface area (Å²) in [6.45, 7) is 4.60. The summed E-state index contributed by atoms with van der Waals surface area (Å²) in [5.41, 5.74) is 0.991. The fraction of sp³-hybridized carbons (Fsp3) is 0.500. The van der Waals surface area contributed by atoms with E-state index in [0.717, 1.165) is 5.56 Å². The van der Waals surface area contributed by atoms with Crippen molar-refractivity contribution in [1.29, 1.82) is 0 Å². The molecule has 18 heavy (non-hydrogen) atoms. The van der Waals surface area contributed by atoms with E-state index in [0.29, 0.717) is 18.9 Å². The fourth-order valence-corrected chi connectivity index (χ4v) is 1.92. The van der Waals surface area contributed by atoms with Crippen LogP contribution in [0.2, 0.25) is 0 Å². The molecule has 1 aromatic carbocycles. The Morgan fingerprint density at radius 2 is 1.83 bits per heavy atom. The largest absolute Gasteiger partial charge is 0.508 e. The lowest BCUT2D eigenvalue weighted by Crippen LogP contribution is -2.38. The number of benzene rings is 1. The van der Waals surface area contributed by atoms with Crippen LogP contribution >= 0.6 is 0 Å². The molecule has 1 atom stereocenters. The number of carboxylic acids is 1. The second kappa shape index (κ2) is 6.40. The van der Waals surface area contributed by atoms with Gasteiger partial charge < -0.3 is 10.2 Å². The molecule has 0 aromatic heterocycles. The number of hydrogen-bond acceptors (Lipinski definition) is 3. The van der Waals surface area contributed by atoms with Crippen LogP contribution in [0, 0.1) is 5.92 Å². The molecule has 0 saturated heterocycles. The third kappa shape index (κ3) is 4.37. The average molecular weight is 251 g/mol. The highest BCUT2D eigenvalue weighted by atomic mass is 16.4. The van der Waals surface area contributed by atoms with E-state index in [1.165, 1.54) is 0 Å². The van der Waals surface area contributed by atoms with E-state index in [2.05, 4.69) is 0 Å². The molecule has 4 nitrogen and oxygen atoms in total. The number of phenolic OH excluding ortho intramolecular Hbond substituents is 1. The number of carbonyl (C=O) groups is 1. The van der Waals surface area contributed by atoms with Crippen LogP contribution in [0.5, 0.6) is 5.75 Å². The molecule has 0 spiro atoms. The molecule has 0 aliphatic heterocycles. The number of aliphatic carboxylic acids is 1. The van der Waals surface area contributed by atoms with Gasteiger partial charge >= 0.3 is 5.97 Å². The Labute approximate surface area is 108 Å². The van der Waals surface area contributed by atoms with Gasteiger partial charge in [-0.25, -0.2) is 0 Å². The van der Waals surface area contributed by atoms with Crippen LogP contribution in [0.1, 0.15) is 25.8 Å². The Morgan fingerprint density at radius 3 is 2.28 bits per heavy atom. The van der Waals surface area contributed by atoms with Crippen molar-refractivity contribution in [2.24, 2.45) is 5.92 Å². The second-order valence-electron chi connectivity index (χ2n) is 5.07. The SMILES string of the molecule is CC(C)CC(C(=O)O)N(C)Cc1ccc(O)cc1. The van der Waals surface area contributed by atoms with Crippen LogP contribution in [-0.4, -0.2) is 34.2 Å². The number of aromatic hydroxyl groups is 1. The van der Waals surface area contributed by atoms with Gasteiger partial charge in [0.15, 0.2) is 0 Å². The number of likely N-dealkylation sites (N-methyl/N-ethyl adjacent to an activating group) is 1. The Kier molecular flexibility index (Phi) is 5.16. The quantitative estimate of drug-likeness (QED) is 0.814. The molecule has 0 fully saturated rings. The number of carboxylic acid groups (broad SMARTS) is 1. The van der Waals surface area contributed by atoms with E-state index < -0.39 is 12.0 Å². The van der Waals surface area contributed by atoms with Crippen LogP contribution in [-0.2, 0) is 11.3 Å². The molecule has 0 heterocycles. The molecule has 4 heteroatoms. The van der Waals surface area contributed by atoms with Gasteiger partial charge in [0.25, 0.3) is 0 Å². The Balaban J connectivity index is 2.69. The Morgan fingerprint density at radius 1 is 1.28 bits per heavy atom. The van der Waals surface area contributed by atoms with Crippen LogP contribution in [0.4, 0.5) is 0 Å². The van der Waals surface area contributed by atoms with Crippen molar-refractivity contribution in [2.45, 2.75) is 32.9 Å². The van der Waals surface area contributed by atoms with E-state index in [1.807, 2.05) is 25.8 Å². The molecular formula is C14H21NO3. The van der Waals surface area contributed by atoms with Crippen LogP contribution in [0.3, 0.4) is 0 Å². The standard InChI is InChI=1S/C14H21NO3/c1-10(2)8-13(14(17)18)15(3)9-11-4-6-12(16)7-5-11/h4-7,10,13,16H,8-9H2,1-3H3,(H,17,18). The van der Waals surface area contributed by atoms with E-state index in [4.69, 9.17) is 0 Å². The molecule has 1 rings (SSSR count). The summed E-state index contributed by atoms with van der Waals surface area (Å²) in [5.74, 6) is -0.225. The summed E-state index contributed by atoms with van der Waals surface area (Å²) in [5, 5.41) is 18.4. The van der Waals surface area contributed by atoms with Crippen molar-refractivity contribution in [1.82, 2.24) is 4.90 Å². The number of phenols is 1. The summed E-state index contributed by atoms with van der Waals surface area (Å²) in [6, 6.07) is 6.36. The molecule has 1 aromatic rings. The lowest BCUT2D eigenvalue weighted by molar-refractivity contribution is -0.143. The van der Waals surface area contributed by atoms with E-state index in [1.54, 1.807) is 24.3 Å². The third-order valence-electron chi connectivity index (χ3n) is 2.88. The van der Waals surface area contributed by atoms with Crippen LogP contribution in [0.25, 0.3) is 0 Å². The zero-order valence-electron chi connectivity index (χ0n) is 11.1. The fourth-order valence-electron chi connectivity index (χ4n) is 1.92. The Hall–Kier alpha value is -1.55. The monoisotopic (exact) mass is 251 g/mol. The average Bonchev–Trinajstić information content (AvgIpc) is 2.28. The van der Waals surface area contributed by atoms with Crippen molar-refractivity contribution in [3.05, 3.63) is 29.8 Å².